The van der Waals surface area contributed by atoms with Crippen LogP contribution in [0.3, 0.4) is 0 Å². The van der Waals surface area contributed by atoms with Crippen LogP contribution in [0.1, 0.15) is 0 Å². The van der Waals surface area contributed by atoms with Gasteiger partial charge in [-0.15, -0.1) is 0 Å². The molecule has 3 N–H and O–H groups in total. The smallest absolute Gasteiger partial charge is 0.341 e. The highest BCUT2D eigenvalue weighted by molar-refractivity contribution is 5.86. The quantitative estimate of drug-likeness (QED) is 0.342. The monoisotopic (exact) mass is 289 g/mol. The van der Waals surface area contributed by atoms with Crippen molar-refractivity contribution in [3.8, 4) is 11.5 Å². The van der Waals surface area contributed by atoms with Crippen molar-refractivity contribution in [1.82, 2.24) is 0 Å². The predicted molar refractivity (Wildman–Crippen MR) is 74.2 cm³/mol. The van der Waals surface area contributed by atoms with E-state index in [1.165, 1.54) is 0 Å². The molecule has 7 heteroatoms. The van der Waals surface area contributed by atoms with Gasteiger partial charge in [0.25, 0.3) is 0 Å². The van der Waals surface area contributed by atoms with Crippen LogP contribution in [0, 0.1) is 0 Å². The molecule has 0 aliphatic carbocycles. The Morgan fingerprint density at radius 3 is 2.14 bits per heavy atom. The van der Waals surface area contributed by atoms with Gasteiger partial charge in [0.15, 0.2) is 18.1 Å². The molecular weight excluding hydrogens is 276 g/mol. The summed E-state index contributed by atoms with van der Waals surface area (Å²) in [5, 5.41) is 24.5. The lowest BCUT2D eigenvalue weighted by Crippen LogP contribution is -2.26. The summed E-state index contributed by atoms with van der Waals surface area (Å²) in [6.45, 7) is -0.859. The minimum Gasteiger partial charge on any atom is -0.858 e. The molecule has 2 aromatic rings. The molecule has 0 aromatic heterocycles. The SMILES string of the molecule is NN=C([O-])COc1cc2ccccc2cc1OCC(=O)O. The van der Waals surface area contributed by atoms with Gasteiger partial charge in [0.05, 0.1) is 0 Å². The van der Waals surface area contributed by atoms with Crippen molar-refractivity contribution in [2.75, 3.05) is 13.2 Å². The second-order valence-corrected chi connectivity index (χ2v) is 4.14. The van der Waals surface area contributed by atoms with E-state index in [-0.39, 0.29) is 18.1 Å². The number of fused-ring (bicyclic) bond motifs is 1. The van der Waals surface area contributed by atoms with Crippen LogP contribution in [0.5, 0.6) is 11.5 Å². The maximum absolute atomic E-state index is 11.1. The van der Waals surface area contributed by atoms with E-state index in [0.29, 0.717) is 0 Å². The van der Waals surface area contributed by atoms with Crippen molar-refractivity contribution in [3.05, 3.63) is 36.4 Å². The molecular formula is C14H13N2O5-. The number of rotatable bonds is 6. The minimum atomic E-state index is -1.11. The number of hydrogen-bond donors (Lipinski definition) is 2. The number of hydrogen-bond acceptors (Lipinski definition) is 6. The number of aliphatic carboxylic acids is 1. The van der Waals surface area contributed by atoms with Gasteiger partial charge in [-0.3, -0.25) is 0 Å². The van der Waals surface area contributed by atoms with E-state index >= 15 is 0 Å². The van der Waals surface area contributed by atoms with E-state index in [1.54, 1.807) is 12.1 Å². The van der Waals surface area contributed by atoms with Crippen molar-refractivity contribution >= 4 is 22.6 Å². The Labute approximate surface area is 120 Å². The molecule has 0 amide bonds. The fraction of sp³-hybridized carbons (Fsp3) is 0.143. The summed E-state index contributed by atoms with van der Waals surface area (Å²) < 4.78 is 10.5. The Kier molecular flexibility index (Phi) is 4.45. The van der Waals surface area contributed by atoms with Gasteiger partial charge in [0.1, 0.15) is 6.61 Å². The molecule has 2 aromatic carbocycles. The molecule has 0 fully saturated rings. The van der Waals surface area contributed by atoms with Crippen molar-refractivity contribution in [1.29, 1.82) is 0 Å². The second-order valence-electron chi connectivity index (χ2n) is 4.14. The van der Waals surface area contributed by atoms with E-state index in [0.717, 1.165) is 10.8 Å². The summed E-state index contributed by atoms with van der Waals surface area (Å²) >= 11 is 0. The van der Waals surface area contributed by atoms with Gasteiger partial charge in [0, 0.05) is 5.90 Å². The van der Waals surface area contributed by atoms with Gasteiger partial charge < -0.3 is 25.5 Å². The average molecular weight is 289 g/mol. The summed E-state index contributed by atoms with van der Waals surface area (Å²) in [6, 6.07) is 10.7. The highest BCUT2D eigenvalue weighted by atomic mass is 16.5. The number of ether oxygens (including phenoxy) is 2. The predicted octanol–water partition coefficient (Wildman–Crippen LogP) is 0.314. The molecule has 0 aliphatic heterocycles. The minimum absolute atomic E-state index is 0.237. The molecule has 0 unspecified atom stereocenters. The summed E-state index contributed by atoms with van der Waals surface area (Å²) in [7, 11) is 0. The maximum atomic E-state index is 11.1. The average Bonchev–Trinajstić information content (AvgIpc) is 2.49. The number of carboxylic acid groups (broad SMARTS) is 1. The first-order valence-corrected chi connectivity index (χ1v) is 6.04. The molecule has 21 heavy (non-hydrogen) atoms. The Bertz CT molecular complexity index is 684. The number of benzene rings is 2. The molecule has 0 saturated carbocycles. The molecule has 7 nitrogen and oxygen atoms in total. The molecule has 0 heterocycles. The third-order valence-corrected chi connectivity index (χ3v) is 2.66. The normalized spacial score (nSPS) is 11.3. The zero-order valence-corrected chi connectivity index (χ0v) is 11.0. The number of carbonyl (C=O) groups is 1. The van der Waals surface area contributed by atoms with Crippen LogP contribution in [0.15, 0.2) is 41.5 Å². The van der Waals surface area contributed by atoms with Gasteiger partial charge in [-0.1, -0.05) is 24.3 Å². The first kappa shape index (κ1) is 14.4. The standard InChI is InChI=1S/C14H14N2O5/c15-16-13(17)7-20-11-5-9-3-1-2-4-10(9)6-12(11)21-8-14(18)19/h1-6H,7-8,15H2,(H,16,17)(H,18,19)/p-1. The molecule has 0 saturated heterocycles. The zero-order chi connectivity index (χ0) is 15.2. The molecule has 0 radical (unpaired) electrons. The number of carboxylic acids is 1. The van der Waals surface area contributed by atoms with Crippen molar-refractivity contribution in [2.24, 2.45) is 10.9 Å². The van der Waals surface area contributed by atoms with E-state index in [4.69, 9.17) is 20.4 Å². The van der Waals surface area contributed by atoms with Crippen LogP contribution in [0.4, 0.5) is 0 Å². The van der Waals surface area contributed by atoms with Gasteiger partial charge in [-0.2, -0.15) is 0 Å². The Hall–Kier alpha value is -2.96. The van der Waals surface area contributed by atoms with Crippen LogP contribution in [-0.4, -0.2) is 30.2 Å². The lowest BCUT2D eigenvalue weighted by Gasteiger charge is -2.15. The van der Waals surface area contributed by atoms with Crippen LogP contribution >= 0.6 is 0 Å². The molecule has 2 rings (SSSR count). The van der Waals surface area contributed by atoms with Crippen LogP contribution in [-0.2, 0) is 4.79 Å². The molecule has 110 valence electrons. The summed E-state index contributed by atoms with van der Waals surface area (Å²) in [5.74, 6) is 3.60. The van der Waals surface area contributed by atoms with Crippen molar-refractivity contribution < 1.29 is 24.5 Å². The van der Waals surface area contributed by atoms with Crippen LogP contribution in [0.25, 0.3) is 10.8 Å². The van der Waals surface area contributed by atoms with Crippen LogP contribution in [0.2, 0.25) is 0 Å². The van der Waals surface area contributed by atoms with E-state index in [9.17, 15) is 9.90 Å². The number of nitrogens with two attached hydrogens (primary N) is 1. The third kappa shape index (κ3) is 3.75. The van der Waals surface area contributed by atoms with Gasteiger partial charge >= 0.3 is 5.97 Å². The fourth-order valence-corrected chi connectivity index (χ4v) is 1.74. The first-order chi connectivity index (χ1) is 10.1. The van der Waals surface area contributed by atoms with E-state index in [2.05, 4.69) is 5.10 Å². The lowest BCUT2D eigenvalue weighted by molar-refractivity contribution is -0.221. The Balaban J connectivity index is 2.33. The number of nitrogens with zero attached hydrogens (tertiary/aromatic N) is 1. The second kappa shape index (κ2) is 6.47. The van der Waals surface area contributed by atoms with Gasteiger partial charge in [-0.05, 0) is 22.9 Å². The zero-order valence-electron chi connectivity index (χ0n) is 11.0. The van der Waals surface area contributed by atoms with E-state index in [1.807, 2.05) is 24.3 Å². The molecule has 0 aliphatic rings. The highest BCUT2D eigenvalue weighted by Crippen LogP contribution is 2.32. The Morgan fingerprint density at radius 1 is 1.14 bits per heavy atom. The lowest BCUT2D eigenvalue weighted by atomic mass is 10.1. The molecule has 0 spiro atoms. The van der Waals surface area contributed by atoms with E-state index < -0.39 is 18.5 Å². The molecule has 0 atom stereocenters. The van der Waals surface area contributed by atoms with Crippen LogP contribution < -0.4 is 20.4 Å². The largest absolute Gasteiger partial charge is 0.858 e. The topological polar surface area (TPSA) is 117 Å². The highest BCUT2D eigenvalue weighted by Gasteiger charge is 2.09. The Morgan fingerprint density at radius 2 is 1.67 bits per heavy atom. The molecule has 0 bridgehead atoms. The summed E-state index contributed by atoms with van der Waals surface area (Å²) in [5.41, 5.74) is 0. The summed E-state index contributed by atoms with van der Waals surface area (Å²) in [6.07, 6.45) is 0. The van der Waals surface area contributed by atoms with Gasteiger partial charge in [0.2, 0.25) is 0 Å². The van der Waals surface area contributed by atoms with Crippen molar-refractivity contribution in [2.45, 2.75) is 0 Å². The fourth-order valence-electron chi connectivity index (χ4n) is 1.74. The van der Waals surface area contributed by atoms with Crippen molar-refractivity contribution in [3.63, 3.8) is 0 Å². The van der Waals surface area contributed by atoms with Gasteiger partial charge in [-0.25, -0.2) is 9.90 Å². The first-order valence-electron chi connectivity index (χ1n) is 6.04. The third-order valence-electron chi connectivity index (χ3n) is 2.66. The maximum Gasteiger partial charge on any atom is 0.341 e. The summed E-state index contributed by atoms with van der Waals surface area (Å²) in [4.78, 5) is 10.6. The number of hydrazone groups is 1.